The zero-order valence-electron chi connectivity index (χ0n) is 7.83. The monoisotopic (exact) mass is 213 g/mol. The summed E-state index contributed by atoms with van der Waals surface area (Å²) in [5, 5.41) is 13.1. The summed E-state index contributed by atoms with van der Waals surface area (Å²) in [6, 6.07) is 4.18. The average Bonchev–Trinajstić information content (AvgIpc) is 2.50. The van der Waals surface area contributed by atoms with Crippen LogP contribution in [0.5, 0.6) is 5.75 Å². The van der Waals surface area contributed by atoms with E-state index < -0.39 is 0 Å². The van der Waals surface area contributed by atoms with Crippen molar-refractivity contribution in [3.05, 3.63) is 29.6 Å². The summed E-state index contributed by atoms with van der Waals surface area (Å²) in [4.78, 5) is 0. The van der Waals surface area contributed by atoms with Crippen molar-refractivity contribution in [2.24, 2.45) is 0 Å². The van der Waals surface area contributed by atoms with Crippen molar-refractivity contribution in [3.63, 3.8) is 0 Å². The first kappa shape index (κ1) is 9.80. The molecule has 0 radical (unpaired) electrons. The van der Waals surface area contributed by atoms with Crippen molar-refractivity contribution in [1.29, 1.82) is 0 Å². The molecular formula is C10H12FNOS. The number of thioether (sulfide) groups is 1. The molecule has 2 nitrogen and oxygen atoms in total. The average molecular weight is 213 g/mol. The summed E-state index contributed by atoms with van der Waals surface area (Å²) in [5.41, 5.74) is 0.803. The standard InChI is InChI=1S/C10H12FNOS/c1-6-5-12-10(14-6)7-2-8(11)4-9(13)3-7/h2-4,6,10,12-13H,5H2,1H3. The van der Waals surface area contributed by atoms with E-state index in [0.29, 0.717) is 5.25 Å². The van der Waals surface area contributed by atoms with Crippen LogP contribution in [0.4, 0.5) is 4.39 Å². The lowest BCUT2D eigenvalue weighted by molar-refractivity contribution is 0.467. The van der Waals surface area contributed by atoms with Crippen LogP contribution in [0, 0.1) is 5.82 Å². The molecular weight excluding hydrogens is 201 g/mol. The molecule has 1 aromatic carbocycles. The van der Waals surface area contributed by atoms with Crippen LogP contribution in [0.2, 0.25) is 0 Å². The summed E-state index contributed by atoms with van der Waals surface area (Å²) in [7, 11) is 0. The van der Waals surface area contributed by atoms with E-state index in [1.165, 1.54) is 6.07 Å². The summed E-state index contributed by atoms with van der Waals surface area (Å²) in [6.45, 7) is 3.05. The number of benzene rings is 1. The van der Waals surface area contributed by atoms with E-state index in [-0.39, 0.29) is 16.9 Å². The molecule has 0 aliphatic carbocycles. The van der Waals surface area contributed by atoms with E-state index in [1.54, 1.807) is 17.8 Å². The molecule has 1 aliphatic heterocycles. The van der Waals surface area contributed by atoms with Crippen LogP contribution >= 0.6 is 11.8 Å². The molecule has 1 fully saturated rings. The van der Waals surface area contributed by atoms with Crippen LogP contribution in [-0.2, 0) is 0 Å². The molecule has 0 aromatic heterocycles. The van der Waals surface area contributed by atoms with E-state index >= 15 is 0 Å². The summed E-state index contributed by atoms with van der Waals surface area (Å²) in [6.07, 6.45) is 0. The van der Waals surface area contributed by atoms with Gasteiger partial charge >= 0.3 is 0 Å². The number of nitrogens with one attached hydrogen (secondary N) is 1. The molecule has 0 spiro atoms. The predicted octanol–water partition coefficient (Wildman–Crippen LogP) is 2.25. The number of aromatic hydroxyl groups is 1. The van der Waals surface area contributed by atoms with Crippen LogP contribution in [0.1, 0.15) is 17.9 Å². The van der Waals surface area contributed by atoms with Gasteiger partial charge in [0.15, 0.2) is 0 Å². The minimum Gasteiger partial charge on any atom is -0.508 e. The van der Waals surface area contributed by atoms with Gasteiger partial charge < -0.3 is 10.4 Å². The number of hydrogen-bond donors (Lipinski definition) is 2. The second-order valence-electron chi connectivity index (χ2n) is 3.48. The SMILES string of the molecule is CC1CNC(c2cc(O)cc(F)c2)S1. The molecule has 4 heteroatoms. The van der Waals surface area contributed by atoms with Gasteiger partial charge in [-0.2, -0.15) is 0 Å². The highest BCUT2D eigenvalue weighted by atomic mass is 32.2. The fourth-order valence-electron chi connectivity index (χ4n) is 1.55. The number of rotatable bonds is 1. The third-order valence-electron chi connectivity index (χ3n) is 2.17. The zero-order valence-corrected chi connectivity index (χ0v) is 8.64. The van der Waals surface area contributed by atoms with Gasteiger partial charge in [0.25, 0.3) is 0 Å². The Morgan fingerprint density at radius 2 is 2.29 bits per heavy atom. The molecule has 14 heavy (non-hydrogen) atoms. The Hall–Kier alpha value is -0.740. The molecule has 0 bridgehead atoms. The smallest absolute Gasteiger partial charge is 0.127 e. The van der Waals surface area contributed by atoms with Gasteiger partial charge in [0.2, 0.25) is 0 Å². The Kier molecular flexibility index (Phi) is 2.65. The summed E-state index contributed by atoms with van der Waals surface area (Å²) >= 11 is 1.75. The Balaban J connectivity index is 2.23. The lowest BCUT2D eigenvalue weighted by Crippen LogP contribution is -2.13. The van der Waals surface area contributed by atoms with Gasteiger partial charge in [-0.05, 0) is 17.7 Å². The van der Waals surface area contributed by atoms with Crippen LogP contribution in [-0.4, -0.2) is 16.9 Å². The molecule has 76 valence electrons. The van der Waals surface area contributed by atoms with Gasteiger partial charge in [0.1, 0.15) is 11.6 Å². The molecule has 2 unspecified atom stereocenters. The van der Waals surface area contributed by atoms with Crippen LogP contribution in [0.25, 0.3) is 0 Å². The number of phenolic OH excluding ortho intramolecular Hbond substituents is 1. The molecule has 2 atom stereocenters. The van der Waals surface area contributed by atoms with E-state index in [4.69, 9.17) is 0 Å². The van der Waals surface area contributed by atoms with Gasteiger partial charge in [-0.1, -0.05) is 6.92 Å². The van der Waals surface area contributed by atoms with E-state index in [9.17, 15) is 9.50 Å². The van der Waals surface area contributed by atoms with E-state index in [0.717, 1.165) is 18.2 Å². The fourth-order valence-corrected chi connectivity index (χ4v) is 2.69. The van der Waals surface area contributed by atoms with Crippen molar-refractivity contribution in [2.45, 2.75) is 17.5 Å². The molecule has 1 aromatic rings. The third kappa shape index (κ3) is 2.01. The summed E-state index contributed by atoms with van der Waals surface area (Å²) in [5.74, 6) is -0.399. The topological polar surface area (TPSA) is 32.3 Å². The number of phenols is 1. The molecule has 0 amide bonds. The molecule has 2 rings (SSSR count). The second-order valence-corrected chi connectivity index (χ2v) is 5.03. The molecule has 1 saturated heterocycles. The highest BCUT2D eigenvalue weighted by Gasteiger charge is 2.23. The van der Waals surface area contributed by atoms with Gasteiger partial charge in [-0.15, -0.1) is 11.8 Å². The maximum absolute atomic E-state index is 13.0. The summed E-state index contributed by atoms with van der Waals surface area (Å²) < 4.78 is 13.0. The quantitative estimate of drug-likeness (QED) is 0.750. The second kappa shape index (κ2) is 3.79. The first-order chi connectivity index (χ1) is 6.65. The van der Waals surface area contributed by atoms with Gasteiger partial charge in [-0.3, -0.25) is 0 Å². The van der Waals surface area contributed by atoms with Gasteiger partial charge in [-0.25, -0.2) is 4.39 Å². The largest absolute Gasteiger partial charge is 0.508 e. The lowest BCUT2D eigenvalue weighted by atomic mass is 10.2. The van der Waals surface area contributed by atoms with Crippen LogP contribution in [0.15, 0.2) is 18.2 Å². The minimum atomic E-state index is -0.387. The van der Waals surface area contributed by atoms with Crippen molar-refractivity contribution in [3.8, 4) is 5.75 Å². The van der Waals surface area contributed by atoms with Crippen LogP contribution in [0.3, 0.4) is 0 Å². The van der Waals surface area contributed by atoms with Crippen molar-refractivity contribution >= 4 is 11.8 Å². The molecule has 1 aliphatic rings. The third-order valence-corrected chi connectivity index (χ3v) is 3.51. The highest BCUT2D eigenvalue weighted by Crippen LogP contribution is 2.35. The molecule has 0 saturated carbocycles. The Labute approximate surface area is 86.5 Å². The first-order valence-corrected chi connectivity index (χ1v) is 5.48. The van der Waals surface area contributed by atoms with Crippen LogP contribution < -0.4 is 5.32 Å². The Morgan fingerprint density at radius 3 is 2.86 bits per heavy atom. The highest BCUT2D eigenvalue weighted by molar-refractivity contribution is 8.00. The molecule has 1 heterocycles. The van der Waals surface area contributed by atoms with E-state index in [1.807, 2.05) is 0 Å². The minimum absolute atomic E-state index is 0.0121. The lowest BCUT2D eigenvalue weighted by Gasteiger charge is -2.10. The van der Waals surface area contributed by atoms with Crippen molar-refractivity contribution < 1.29 is 9.50 Å². The maximum atomic E-state index is 13.0. The van der Waals surface area contributed by atoms with Gasteiger partial charge in [0.05, 0.1) is 5.37 Å². The number of halogens is 1. The van der Waals surface area contributed by atoms with Crippen molar-refractivity contribution in [1.82, 2.24) is 5.32 Å². The Bertz CT molecular complexity index is 325. The zero-order chi connectivity index (χ0) is 10.1. The number of hydrogen-bond acceptors (Lipinski definition) is 3. The van der Waals surface area contributed by atoms with Crippen molar-refractivity contribution in [2.75, 3.05) is 6.54 Å². The fraction of sp³-hybridized carbons (Fsp3) is 0.400. The normalized spacial score (nSPS) is 26.7. The molecule has 2 N–H and O–H groups in total. The van der Waals surface area contributed by atoms with E-state index in [2.05, 4.69) is 12.2 Å². The Morgan fingerprint density at radius 1 is 1.50 bits per heavy atom. The maximum Gasteiger partial charge on any atom is 0.127 e. The predicted molar refractivity (Wildman–Crippen MR) is 55.9 cm³/mol. The first-order valence-electron chi connectivity index (χ1n) is 4.53. The van der Waals surface area contributed by atoms with Gasteiger partial charge in [0, 0.05) is 17.9 Å².